The Morgan fingerprint density at radius 3 is 2.30 bits per heavy atom. The molecular formula is C28H29N3O2. The number of para-hydroxylation sites is 2. The van der Waals surface area contributed by atoms with Gasteiger partial charge in [0.2, 0.25) is 5.91 Å². The number of anilines is 1. The molecule has 0 atom stereocenters. The predicted octanol–water partition coefficient (Wildman–Crippen LogP) is 4.93. The number of hydrogen-bond donors (Lipinski definition) is 0. The average molecular weight is 440 g/mol. The molecular weight excluding hydrogens is 410 g/mol. The minimum atomic E-state index is -0.0937. The molecule has 3 aromatic carbocycles. The van der Waals surface area contributed by atoms with Gasteiger partial charge in [-0.3, -0.25) is 9.59 Å². The van der Waals surface area contributed by atoms with E-state index >= 15 is 0 Å². The van der Waals surface area contributed by atoms with Gasteiger partial charge in [-0.15, -0.1) is 0 Å². The van der Waals surface area contributed by atoms with E-state index in [0.717, 1.165) is 23.0 Å². The second kappa shape index (κ2) is 9.74. The van der Waals surface area contributed by atoms with Gasteiger partial charge >= 0.3 is 0 Å². The van der Waals surface area contributed by atoms with E-state index in [1.807, 2.05) is 72.2 Å². The third-order valence-corrected chi connectivity index (χ3v) is 6.11. The van der Waals surface area contributed by atoms with E-state index in [0.29, 0.717) is 17.8 Å². The number of rotatable bonds is 7. The van der Waals surface area contributed by atoms with Gasteiger partial charge in [0.15, 0.2) is 0 Å². The molecule has 0 saturated heterocycles. The van der Waals surface area contributed by atoms with Gasteiger partial charge in [-0.1, -0.05) is 60.7 Å². The van der Waals surface area contributed by atoms with Crippen LogP contribution in [0.1, 0.15) is 21.6 Å². The van der Waals surface area contributed by atoms with Crippen LogP contribution in [0.2, 0.25) is 0 Å². The molecule has 0 unspecified atom stereocenters. The maximum atomic E-state index is 13.2. The zero-order chi connectivity index (χ0) is 23.4. The van der Waals surface area contributed by atoms with Gasteiger partial charge in [-0.25, -0.2) is 0 Å². The third-order valence-electron chi connectivity index (χ3n) is 6.11. The van der Waals surface area contributed by atoms with Crippen molar-refractivity contribution in [2.45, 2.75) is 19.9 Å². The fraction of sp³-hybridized carbons (Fsp3) is 0.214. The van der Waals surface area contributed by atoms with Crippen molar-refractivity contribution in [1.82, 2.24) is 9.47 Å². The maximum Gasteiger partial charge on any atom is 0.255 e. The largest absolute Gasteiger partial charge is 0.341 e. The van der Waals surface area contributed by atoms with Crippen LogP contribution in [0, 0.1) is 6.92 Å². The number of benzene rings is 3. The van der Waals surface area contributed by atoms with E-state index in [2.05, 4.69) is 18.2 Å². The minimum Gasteiger partial charge on any atom is -0.341 e. The molecule has 0 radical (unpaired) electrons. The van der Waals surface area contributed by atoms with Crippen molar-refractivity contribution >= 4 is 28.4 Å². The van der Waals surface area contributed by atoms with Crippen LogP contribution in [0.4, 0.5) is 5.69 Å². The van der Waals surface area contributed by atoms with Crippen LogP contribution in [0.25, 0.3) is 10.9 Å². The number of amides is 2. The molecule has 0 fully saturated rings. The molecule has 2 amide bonds. The lowest BCUT2D eigenvalue weighted by molar-refractivity contribution is -0.118. The predicted molar refractivity (Wildman–Crippen MR) is 134 cm³/mol. The van der Waals surface area contributed by atoms with Crippen molar-refractivity contribution < 1.29 is 9.59 Å². The first-order valence-electron chi connectivity index (χ1n) is 11.2. The molecule has 0 bridgehead atoms. The lowest BCUT2D eigenvalue weighted by Gasteiger charge is -2.24. The molecule has 5 heteroatoms. The van der Waals surface area contributed by atoms with Gasteiger partial charge in [-0.2, -0.15) is 0 Å². The maximum absolute atomic E-state index is 13.2. The highest BCUT2D eigenvalue weighted by atomic mass is 16.2. The van der Waals surface area contributed by atoms with Gasteiger partial charge in [0.25, 0.3) is 5.91 Å². The van der Waals surface area contributed by atoms with Crippen molar-refractivity contribution in [3.05, 3.63) is 102 Å². The summed E-state index contributed by atoms with van der Waals surface area (Å²) in [4.78, 5) is 29.8. The van der Waals surface area contributed by atoms with E-state index in [9.17, 15) is 9.59 Å². The van der Waals surface area contributed by atoms with Gasteiger partial charge in [-0.05, 0) is 48.6 Å². The van der Waals surface area contributed by atoms with Crippen molar-refractivity contribution in [2.24, 2.45) is 0 Å². The van der Waals surface area contributed by atoms with Gasteiger partial charge < -0.3 is 14.4 Å². The minimum absolute atomic E-state index is 0.0772. The Morgan fingerprint density at radius 1 is 0.848 bits per heavy atom. The quantitative estimate of drug-likeness (QED) is 0.410. The van der Waals surface area contributed by atoms with Crippen LogP contribution in [-0.4, -0.2) is 41.9 Å². The number of nitrogens with zero attached hydrogens (tertiary/aromatic N) is 3. The second-order valence-corrected chi connectivity index (χ2v) is 8.36. The highest BCUT2D eigenvalue weighted by molar-refractivity contribution is 6.04. The molecule has 0 N–H and O–H groups in total. The zero-order valence-electron chi connectivity index (χ0n) is 19.4. The van der Waals surface area contributed by atoms with Crippen LogP contribution in [-0.2, 0) is 17.8 Å². The molecule has 4 aromatic rings. The molecule has 1 aromatic heterocycles. The summed E-state index contributed by atoms with van der Waals surface area (Å²) in [5, 5.41) is 1.11. The summed E-state index contributed by atoms with van der Waals surface area (Å²) in [7, 11) is 3.54. The van der Waals surface area contributed by atoms with Crippen molar-refractivity contribution in [1.29, 1.82) is 0 Å². The van der Waals surface area contributed by atoms with E-state index in [-0.39, 0.29) is 18.4 Å². The lowest BCUT2D eigenvalue weighted by atomic mass is 10.1. The topological polar surface area (TPSA) is 45.6 Å². The number of hydrogen-bond acceptors (Lipinski definition) is 2. The number of likely N-dealkylation sites (N-methyl/N-ethyl adjacent to an activating group) is 2. The third kappa shape index (κ3) is 4.82. The van der Waals surface area contributed by atoms with E-state index in [4.69, 9.17) is 0 Å². The molecule has 33 heavy (non-hydrogen) atoms. The molecule has 0 saturated carbocycles. The van der Waals surface area contributed by atoms with Crippen LogP contribution >= 0.6 is 0 Å². The Kier molecular flexibility index (Phi) is 6.59. The molecule has 1 heterocycles. The fourth-order valence-corrected chi connectivity index (χ4v) is 4.13. The Bertz CT molecular complexity index is 1280. The molecule has 0 aliphatic heterocycles. The van der Waals surface area contributed by atoms with Crippen LogP contribution in [0.3, 0.4) is 0 Å². The number of fused-ring (bicyclic) bond motifs is 1. The molecule has 0 aliphatic rings. The number of carbonyl (C=O) groups excluding carboxylic acids is 2. The summed E-state index contributed by atoms with van der Waals surface area (Å²) >= 11 is 0. The van der Waals surface area contributed by atoms with Gasteiger partial charge in [0.05, 0.1) is 11.3 Å². The molecule has 0 aliphatic carbocycles. The second-order valence-electron chi connectivity index (χ2n) is 8.36. The van der Waals surface area contributed by atoms with Crippen LogP contribution in [0.5, 0.6) is 0 Å². The first-order chi connectivity index (χ1) is 16.0. The number of carbonyl (C=O) groups is 2. The van der Waals surface area contributed by atoms with E-state index in [1.165, 1.54) is 5.56 Å². The lowest BCUT2D eigenvalue weighted by Crippen LogP contribution is -2.34. The van der Waals surface area contributed by atoms with Crippen LogP contribution in [0.15, 0.2) is 84.9 Å². The first kappa shape index (κ1) is 22.3. The summed E-state index contributed by atoms with van der Waals surface area (Å²) in [5.74, 6) is -0.171. The zero-order valence-corrected chi connectivity index (χ0v) is 19.4. The number of aryl methyl sites for hydroxylation is 1. The van der Waals surface area contributed by atoms with Crippen LogP contribution < -0.4 is 4.90 Å². The Hall–Kier alpha value is -3.86. The van der Waals surface area contributed by atoms with E-state index < -0.39 is 0 Å². The summed E-state index contributed by atoms with van der Waals surface area (Å²) in [6, 6.07) is 27.6. The van der Waals surface area contributed by atoms with Crippen molar-refractivity contribution in [2.75, 3.05) is 25.5 Å². The summed E-state index contributed by atoms with van der Waals surface area (Å²) in [5.41, 5.74) is 4.39. The normalized spacial score (nSPS) is 10.9. The van der Waals surface area contributed by atoms with Crippen molar-refractivity contribution in [3.8, 4) is 0 Å². The van der Waals surface area contributed by atoms with Crippen molar-refractivity contribution in [3.63, 3.8) is 0 Å². The Labute approximate surface area is 194 Å². The first-order valence-corrected chi connectivity index (χ1v) is 11.2. The molecule has 0 spiro atoms. The molecule has 4 rings (SSSR count). The molecule has 5 nitrogen and oxygen atoms in total. The summed E-state index contributed by atoms with van der Waals surface area (Å²) in [6.07, 6.45) is 0.778. The molecule has 168 valence electrons. The monoisotopic (exact) mass is 439 g/mol. The van der Waals surface area contributed by atoms with Gasteiger partial charge in [0.1, 0.15) is 6.54 Å². The smallest absolute Gasteiger partial charge is 0.255 e. The summed E-state index contributed by atoms with van der Waals surface area (Å²) in [6.45, 7) is 2.82. The number of aromatic nitrogens is 1. The Morgan fingerprint density at radius 2 is 1.52 bits per heavy atom. The summed E-state index contributed by atoms with van der Waals surface area (Å²) < 4.78 is 2.02. The fourth-order valence-electron chi connectivity index (χ4n) is 4.13. The Balaban J connectivity index is 1.51. The highest BCUT2D eigenvalue weighted by Gasteiger charge is 2.21. The standard InChI is InChI=1S/C28H29N3O2/c1-21-19-23-13-7-9-15-25(23)31(21)20-27(32)30(3)26-16-10-8-14-24(26)28(33)29(2)18-17-22-11-5-4-6-12-22/h4-16,19H,17-18,20H2,1-3H3. The average Bonchev–Trinajstić information content (AvgIpc) is 3.17. The SMILES string of the molecule is Cc1cc2ccccc2n1CC(=O)N(C)c1ccccc1C(=O)N(C)CCc1ccccc1. The van der Waals surface area contributed by atoms with Gasteiger partial charge in [0, 0.05) is 31.9 Å². The highest BCUT2D eigenvalue weighted by Crippen LogP contribution is 2.23. The van der Waals surface area contributed by atoms with E-state index in [1.54, 1.807) is 30.0 Å².